The summed E-state index contributed by atoms with van der Waals surface area (Å²) in [6, 6.07) is 17.7. The van der Waals surface area contributed by atoms with Crippen LogP contribution >= 0.6 is 11.6 Å². The summed E-state index contributed by atoms with van der Waals surface area (Å²) in [6.45, 7) is 0. The van der Waals surface area contributed by atoms with Crippen LogP contribution in [0, 0.1) is 0 Å². The van der Waals surface area contributed by atoms with E-state index in [9.17, 15) is 4.79 Å². The van der Waals surface area contributed by atoms with Gasteiger partial charge in [0.2, 0.25) is 5.91 Å². The highest BCUT2D eigenvalue weighted by Gasteiger charge is 2.21. The van der Waals surface area contributed by atoms with Crippen LogP contribution in [0.4, 0.5) is 0 Å². The van der Waals surface area contributed by atoms with E-state index in [0.717, 1.165) is 11.1 Å². The monoisotopic (exact) mass is 287 g/mol. The Morgan fingerprint density at radius 2 is 1.65 bits per heavy atom. The van der Waals surface area contributed by atoms with Gasteiger partial charge < -0.3 is 4.90 Å². The zero-order valence-electron chi connectivity index (χ0n) is 11.7. The fourth-order valence-electron chi connectivity index (χ4n) is 2.21. The molecule has 0 saturated heterocycles. The van der Waals surface area contributed by atoms with Crippen LogP contribution < -0.4 is 0 Å². The molecule has 2 aromatic carbocycles. The molecule has 0 fully saturated rings. The molecule has 0 heterocycles. The summed E-state index contributed by atoms with van der Waals surface area (Å²) in [5, 5.41) is 0.702. The fourth-order valence-corrected chi connectivity index (χ4v) is 2.48. The van der Waals surface area contributed by atoms with Crippen molar-refractivity contribution >= 4 is 17.5 Å². The van der Waals surface area contributed by atoms with E-state index < -0.39 is 0 Å². The number of amides is 1. The van der Waals surface area contributed by atoms with Crippen molar-refractivity contribution in [1.29, 1.82) is 0 Å². The average Bonchev–Trinajstić information content (AvgIpc) is 2.46. The van der Waals surface area contributed by atoms with Crippen molar-refractivity contribution in [2.75, 3.05) is 14.1 Å². The SMILES string of the molecule is CN(C)C(=O)C[C@@H](c1ccccc1)c1ccccc1Cl. The number of rotatable bonds is 4. The number of carbonyl (C=O) groups excluding carboxylic acids is 1. The van der Waals surface area contributed by atoms with Crippen LogP contribution in [0.1, 0.15) is 23.5 Å². The maximum Gasteiger partial charge on any atom is 0.223 e. The maximum absolute atomic E-state index is 12.1. The molecule has 1 atom stereocenters. The molecule has 0 saturated carbocycles. The van der Waals surface area contributed by atoms with Crippen molar-refractivity contribution in [2.24, 2.45) is 0 Å². The van der Waals surface area contributed by atoms with Crippen molar-refractivity contribution in [1.82, 2.24) is 4.90 Å². The van der Waals surface area contributed by atoms with Gasteiger partial charge in [-0.3, -0.25) is 4.79 Å². The molecule has 0 spiro atoms. The Balaban J connectivity index is 2.40. The molecule has 1 amide bonds. The van der Waals surface area contributed by atoms with Gasteiger partial charge in [-0.25, -0.2) is 0 Å². The predicted molar refractivity (Wildman–Crippen MR) is 83.0 cm³/mol. The van der Waals surface area contributed by atoms with Crippen LogP contribution in [0.25, 0.3) is 0 Å². The second-order valence-electron chi connectivity index (χ2n) is 4.98. The first kappa shape index (κ1) is 14.6. The van der Waals surface area contributed by atoms with Crippen molar-refractivity contribution in [3.63, 3.8) is 0 Å². The molecule has 0 unspecified atom stereocenters. The lowest BCUT2D eigenvalue weighted by Crippen LogP contribution is -2.24. The lowest BCUT2D eigenvalue weighted by Gasteiger charge is -2.21. The van der Waals surface area contributed by atoms with Gasteiger partial charge in [0.25, 0.3) is 0 Å². The molecular formula is C17H18ClNO. The Bertz CT molecular complexity index is 581. The summed E-state index contributed by atoms with van der Waals surface area (Å²) in [5.41, 5.74) is 2.10. The molecule has 0 aliphatic carbocycles. The molecular weight excluding hydrogens is 270 g/mol. The molecule has 2 rings (SSSR count). The van der Waals surface area contributed by atoms with Crippen LogP contribution in [0.5, 0.6) is 0 Å². The van der Waals surface area contributed by atoms with Gasteiger partial charge in [0.15, 0.2) is 0 Å². The third kappa shape index (κ3) is 3.40. The minimum atomic E-state index is -0.0141. The van der Waals surface area contributed by atoms with Crippen LogP contribution in [0.15, 0.2) is 54.6 Å². The lowest BCUT2D eigenvalue weighted by atomic mass is 9.88. The second kappa shape index (κ2) is 6.58. The van der Waals surface area contributed by atoms with E-state index in [0.29, 0.717) is 11.4 Å². The molecule has 104 valence electrons. The summed E-state index contributed by atoms with van der Waals surface area (Å²) < 4.78 is 0. The van der Waals surface area contributed by atoms with Crippen molar-refractivity contribution < 1.29 is 4.79 Å². The lowest BCUT2D eigenvalue weighted by molar-refractivity contribution is -0.128. The van der Waals surface area contributed by atoms with Crippen molar-refractivity contribution in [3.8, 4) is 0 Å². The Kier molecular flexibility index (Phi) is 4.80. The van der Waals surface area contributed by atoms with Gasteiger partial charge in [-0.2, -0.15) is 0 Å². The number of benzene rings is 2. The smallest absolute Gasteiger partial charge is 0.223 e. The normalized spacial score (nSPS) is 11.9. The van der Waals surface area contributed by atoms with E-state index in [1.807, 2.05) is 54.6 Å². The molecule has 0 aliphatic heterocycles. The zero-order chi connectivity index (χ0) is 14.5. The van der Waals surface area contributed by atoms with Gasteiger partial charge >= 0.3 is 0 Å². The molecule has 20 heavy (non-hydrogen) atoms. The van der Waals surface area contributed by atoms with Crippen LogP contribution in [-0.4, -0.2) is 24.9 Å². The Morgan fingerprint density at radius 3 is 2.25 bits per heavy atom. The van der Waals surface area contributed by atoms with Gasteiger partial charge in [-0.1, -0.05) is 60.1 Å². The highest BCUT2D eigenvalue weighted by Crippen LogP contribution is 2.33. The summed E-state index contributed by atoms with van der Waals surface area (Å²) in [4.78, 5) is 13.7. The Morgan fingerprint density at radius 1 is 1.05 bits per heavy atom. The number of hydrogen-bond donors (Lipinski definition) is 0. The second-order valence-corrected chi connectivity index (χ2v) is 5.38. The van der Waals surface area contributed by atoms with Gasteiger partial charge in [0, 0.05) is 31.5 Å². The predicted octanol–water partition coefficient (Wildman–Crippen LogP) is 3.95. The van der Waals surface area contributed by atoms with E-state index in [4.69, 9.17) is 11.6 Å². The number of halogens is 1. The van der Waals surface area contributed by atoms with E-state index in [1.165, 1.54) is 0 Å². The molecule has 0 aliphatic rings. The Hall–Kier alpha value is -1.80. The molecule has 0 aromatic heterocycles. The van der Waals surface area contributed by atoms with Crippen LogP contribution in [0.3, 0.4) is 0 Å². The summed E-state index contributed by atoms with van der Waals surface area (Å²) in [6.07, 6.45) is 0.417. The van der Waals surface area contributed by atoms with Gasteiger partial charge in [0.1, 0.15) is 0 Å². The quantitative estimate of drug-likeness (QED) is 0.834. The van der Waals surface area contributed by atoms with E-state index in [2.05, 4.69) is 0 Å². The fraction of sp³-hybridized carbons (Fsp3) is 0.235. The first-order valence-electron chi connectivity index (χ1n) is 6.59. The van der Waals surface area contributed by atoms with E-state index in [1.54, 1.807) is 19.0 Å². The standard InChI is InChI=1S/C17H18ClNO/c1-19(2)17(20)12-15(13-8-4-3-5-9-13)14-10-6-7-11-16(14)18/h3-11,15H,12H2,1-2H3/t15-/m0/s1. The van der Waals surface area contributed by atoms with E-state index >= 15 is 0 Å². The number of nitrogens with zero attached hydrogens (tertiary/aromatic N) is 1. The average molecular weight is 288 g/mol. The first-order valence-corrected chi connectivity index (χ1v) is 6.97. The minimum Gasteiger partial charge on any atom is -0.349 e. The maximum atomic E-state index is 12.1. The largest absolute Gasteiger partial charge is 0.349 e. The molecule has 0 bridgehead atoms. The highest BCUT2D eigenvalue weighted by atomic mass is 35.5. The molecule has 0 N–H and O–H groups in total. The molecule has 2 nitrogen and oxygen atoms in total. The van der Waals surface area contributed by atoms with Gasteiger partial charge in [-0.15, -0.1) is 0 Å². The molecule has 3 heteroatoms. The summed E-state index contributed by atoms with van der Waals surface area (Å²) in [7, 11) is 3.55. The number of hydrogen-bond acceptors (Lipinski definition) is 1. The van der Waals surface area contributed by atoms with Crippen molar-refractivity contribution in [3.05, 3.63) is 70.7 Å². The van der Waals surface area contributed by atoms with Crippen LogP contribution in [0.2, 0.25) is 5.02 Å². The topological polar surface area (TPSA) is 20.3 Å². The van der Waals surface area contributed by atoms with Crippen molar-refractivity contribution in [2.45, 2.75) is 12.3 Å². The summed E-state index contributed by atoms with van der Waals surface area (Å²) >= 11 is 6.31. The zero-order valence-corrected chi connectivity index (χ0v) is 12.5. The molecule has 0 radical (unpaired) electrons. The van der Waals surface area contributed by atoms with E-state index in [-0.39, 0.29) is 11.8 Å². The third-order valence-corrected chi connectivity index (χ3v) is 3.70. The number of carbonyl (C=O) groups is 1. The highest BCUT2D eigenvalue weighted by molar-refractivity contribution is 6.31. The third-order valence-electron chi connectivity index (χ3n) is 3.36. The van der Waals surface area contributed by atoms with Gasteiger partial charge in [-0.05, 0) is 17.2 Å². The first-order chi connectivity index (χ1) is 9.59. The summed E-state index contributed by atoms with van der Waals surface area (Å²) in [5.74, 6) is 0.0820. The minimum absolute atomic E-state index is 0.0141. The Labute approximate surface area is 125 Å². The van der Waals surface area contributed by atoms with Crippen LogP contribution in [-0.2, 0) is 4.79 Å². The molecule has 2 aromatic rings. The van der Waals surface area contributed by atoms with Gasteiger partial charge in [0.05, 0.1) is 0 Å².